The molecule has 3 nitrogen and oxygen atoms in total. The minimum atomic E-state index is 0.199. The Balaban J connectivity index is 2.49. The van der Waals surface area contributed by atoms with Gasteiger partial charge >= 0.3 is 0 Å². The number of rotatable bonds is 3. The van der Waals surface area contributed by atoms with Crippen LogP contribution in [0.2, 0.25) is 0 Å². The number of carbonyl (C=O) groups excluding carboxylic acids is 1. The highest BCUT2D eigenvalue weighted by Crippen LogP contribution is 2.15. The fourth-order valence-electron chi connectivity index (χ4n) is 1.69. The highest BCUT2D eigenvalue weighted by atomic mass is 16.2. The zero-order chi connectivity index (χ0) is 8.27. The Morgan fingerprint density at radius 1 is 1.82 bits per heavy atom. The quantitative estimate of drug-likeness (QED) is 0.609. The first-order valence-electron chi connectivity index (χ1n) is 4.24. The van der Waals surface area contributed by atoms with E-state index in [1.54, 1.807) is 0 Å². The predicted molar refractivity (Wildman–Crippen MR) is 44.3 cm³/mol. The minimum Gasteiger partial charge on any atom is -0.356 e. The van der Waals surface area contributed by atoms with Crippen LogP contribution >= 0.6 is 0 Å². The Morgan fingerprint density at radius 2 is 2.55 bits per heavy atom. The summed E-state index contributed by atoms with van der Waals surface area (Å²) in [7, 11) is 1.92. The molecule has 0 bridgehead atoms. The second-order valence-electron chi connectivity index (χ2n) is 2.99. The Hall–Kier alpha value is -0.570. The molecule has 3 heteroatoms. The Bertz CT molecular complexity index is 143. The van der Waals surface area contributed by atoms with Crippen molar-refractivity contribution in [2.24, 2.45) is 5.92 Å². The normalized spacial score (nSPS) is 26.7. The van der Waals surface area contributed by atoms with Gasteiger partial charge in [-0.1, -0.05) is 6.92 Å². The lowest BCUT2D eigenvalue weighted by Gasteiger charge is -2.18. The van der Waals surface area contributed by atoms with Crippen LogP contribution in [-0.4, -0.2) is 25.5 Å². The van der Waals surface area contributed by atoms with Gasteiger partial charge in [0.05, 0.1) is 5.92 Å². The van der Waals surface area contributed by atoms with Crippen LogP contribution in [-0.2, 0) is 4.79 Å². The van der Waals surface area contributed by atoms with E-state index in [0.717, 1.165) is 19.4 Å². The number of nitrogens with one attached hydrogen (secondary N) is 2. The number of carbonyl (C=O) groups is 1. The van der Waals surface area contributed by atoms with E-state index in [2.05, 4.69) is 17.6 Å². The van der Waals surface area contributed by atoms with Crippen molar-refractivity contribution >= 4 is 5.91 Å². The molecule has 0 aromatic carbocycles. The molecule has 2 unspecified atom stereocenters. The lowest BCUT2D eigenvalue weighted by atomic mass is 9.96. The number of hydrogen-bond acceptors (Lipinski definition) is 2. The summed E-state index contributed by atoms with van der Waals surface area (Å²) in [6.07, 6.45) is 2.01. The van der Waals surface area contributed by atoms with E-state index in [1.807, 2.05) is 7.05 Å². The molecular weight excluding hydrogens is 140 g/mol. The van der Waals surface area contributed by atoms with Crippen LogP contribution in [0.3, 0.4) is 0 Å². The maximum absolute atomic E-state index is 11.2. The van der Waals surface area contributed by atoms with Crippen LogP contribution in [0.25, 0.3) is 0 Å². The van der Waals surface area contributed by atoms with Gasteiger partial charge in [0.25, 0.3) is 0 Å². The van der Waals surface area contributed by atoms with Gasteiger partial charge < -0.3 is 10.6 Å². The van der Waals surface area contributed by atoms with Crippen molar-refractivity contribution in [1.29, 1.82) is 0 Å². The van der Waals surface area contributed by atoms with Gasteiger partial charge in [0.2, 0.25) is 5.91 Å². The molecule has 1 rings (SSSR count). The Labute approximate surface area is 67.5 Å². The number of hydrogen-bond donors (Lipinski definition) is 2. The molecule has 1 aliphatic rings. The van der Waals surface area contributed by atoms with Gasteiger partial charge in [-0.05, 0) is 19.9 Å². The van der Waals surface area contributed by atoms with Gasteiger partial charge in [-0.25, -0.2) is 0 Å². The monoisotopic (exact) mass is 156 g/mol. The smallest absolute Gasteiger partial charge is 0.224 e. The van der Waals surface area contributed by atoms with Gasteiger partial charge in [0.1, 0.15) is 0 Å². The molecule has 0 radical (unpaired) electrons. The molecule has 1 saturated heterocycles. The van der Waals surface area contributed by atoms with Crippen LogP contribution in [0.4, 0.5) is 0 Å². The summed E-state index contributed by atoms with van der Waals surface area (Å²) in [4.78, 5) is 11.2. The van der Waals surface area contributed by atoms with Gasteiger partial charge in [-0.15, -0.1) is 0 Å². The van der Waals surface area contributed by atoms with Crippen molar-refractivity contribution in [2.45, 2.75) is 25.8 Å². The maximum atomic E-state index is 11.2. The van der Waals surface area contributed by atoms with E-state index >= 15 is 0 Å². The molecule has 2 atom stereocenters. The van der Waals surface area contributed by atoms with Gasteiger partial charge in [-0.3, -0.25) is 4.79 Å². The minimum absolute atomic E-state index is 0.199. The molecule has 0 aromatic rings. The zero-order valence-electron chi connectivity index (χ0n) is 7.18. The van der Waals surface area contributed by atoms with Crippen LogP contribution in [0.1, 0.15) is 19.8 Å². The topological polar surface area (TPSA) is 41.1 Å². The molecule has 0 spiro atoms. The van der Waals surface area contributed by atoms with Crippen LogP contribution in [0.5, 0.6) is 0 Å². The first kappa shape index (κ1) is 8.53. The lowest BCUT2D eigenvalue weighted by molar-refractivity contribution is -0.123. The van der Waals surface area contributed by atoms with E-state index in [-0.39, 0.29) is 11.8 Å². The molecule has 0 saturated carbocycles. The molecule has 1 heterocycles. The summed E-state index contributed by atoms with van der Waals surface area (Å²) < 4.78 is 0. The van der Waals surface area contributed by atoms with E-state index in [9.17, 15) is 4.79 Å². The molecule has 11 heavy (non-hydrogen) atoms. The summed E-state index contributed by atoms with van der Waals surface area (Å²) >= 11 is 0. The second-order valence-corrected chi connectivity index (χ2v) is 2.99. The Kier molecular flexibility index (Phi) is 2.88. The largest absolute Gasteiger partial charge is 0.356 e. The summed E-state index contributed by atoms with van der Waals surface area (Å²) in [5.41, 5.74) is 0. The summed E-state index contributed by atoms with van der Waals surface area (Å²) in [6.45, 7) is 2.95. The third-order valence-electron chi connectivity index (χ3n) is 2.39. The van der Waals surface area contributed by atoms with Crippen molar-refractivity contribution in [3.8, 4) is 0 Å². The van der Waals surface area contributed by atoms with E-state index in [1.165, 1.54) is 0 Å². The average molecular weight is 156 g/mol. The SMILES string of the molecule is CCC(NC)C1CCNC1=O. The summed E-state index contributed by atoms with van der Waals surface area (Å²) in [6, 6.07) is 0.359. The van der Waals surface area contributed by atoms with Crippen molar-refractivity contribution < 1.29 is 4.79 Å². The molecule has 0 aromatic heterocycles. The van der Waals surface area contributed by atoms with E-state index < -0.39 is 0 Å². The fraction of sp³-hybridized carbons (Fsp3) is 0.875. The van der Waals surface area contributed by atoms with Gasteiger partial charge in [0, 0.05) is 12.6 Å². The van der Waals surface area contributed by atoms with Gasteiger partial charge in [0.15, 0.2) is 0 Å². The lowest BCUT2D eigenvalue weighted by Crippen LogP contribution is -2.37. The molecular formula is C8H16N2O. The molecule has 0 aliphatic carbocycles. The third-order valence-corrected chi connectivity index (χ3v) is 2.39. The standard InChI is InChI=1S/C8H16N2O/c1-3-7(9-2)6-4-5-10-8(6)11/h6-7,9H,3-5H2,1-2H3,(H,10,11). The first-order chi connectivity index (χ1) is 5.29. The molecule has 1 fully saturated rings. The first-order valence-corrected chi connectivity index (χ1v) is 4.24. The van der Waals surface area contributed by atoms with E-state index in [0.29, 0.717) is 6.04 Å². The fourth-order valence-corrected chi connectivity index (χ4v) is 1.69. The van der Waals surface area contributed by atoms with Crippen molar-refractivity contribution in [3.05, 3.63) is 0 Å². The van der Waals surface area contributed by atoms with Gasteiger partial charge in [-0.2, -0.15) is 0 Å². The van der Waals surface area contributed by atoms with Crippen LogP contribution < -0.4 is 10.6 Å². The maximum Gasteiger partial charge on any atom is 0.224 e. The van der Waals surface area contributed by atoms with Crippen LogP contribution in [0, 0.1) is 5.92 Å². The predicted octanol–water partition coefficient (Wildman–Crippen LogP) is 0.120. The highest BCUT2D eigenvalue weighted by Gasteiger charge is 2.29. The van der Waals surface area contributed by atoms with Crippen LogP contribution in [0.15, 0.2) is 0 Å². The highest BCUT2D eigenvalue weighted by molar-refractivity contribution is 5.81. The third kappa shape index (κ3) is 1.71. The molecule has 1 aliphatic heterocycles. The summed E-state index contributed by atoms with van der Waals surface area (Å²) in [5, 5.41) is 6.00. The average Bonchev–Trinajstić information content (AvgIpc) is 2.40. The number of amides is 1. The zero-order valence-corrected chi connectivity index (χ0v) is 7.18. The van der Waals surface area contributed by atoms with E-state index in [4.69, 9.17) is 0 Å². The molecule has 2 N–H and O–H groups in total. The Morgan fingerprint density at radius 3 is 2.91 bits per heavy atom. The molecule has 1 amide bonds. The van der Waals surface area contributed by atoms with Crippen molar-refractivity contribution in [3.63, 3.8) is 0 Å². The van der Waals surface area contributed by atoms with Crippen molar-refractivity contribution in [2.75, 3.05) is 13.6 Å². The summed E-state index contributed by atoms with van der Waals surface area (Å²) in [5.74, 6) is 0.413. The second kappa shape index (κ2) is 3.72. The van der Waals surface area contributed by atoms with Crippen molar-refractivity contribution in [1.82, 2.24) is 10.6 Å². The molecule has 64 valence electrons.